The highest BCUT2D eigenvalue weighted by Gasteiger charge is 2.06. The molecule has 0 saturated carbocycles. The Morgan fingerprint density at radius 3 is 2.11 bits per heavy atom. The highest BCUT2D eigenvalue weighted by molar-refractivity contribution is 7.99. The fourth-order valence-corrected chi connectivity index (χ4v) is 2.42. The van der Waals surface area contributed by atoms with Crippen molar-refractivity contribution in [2.75, 3.05) is 18.8 Å². The summed E-state index contributed by atoms with van der Waals surface area (Å²) in [5, 5.41) is 0. The van der Waals surface area contributed by atoms with Gasteiger partial charge in [0.15, 0.2) is 0 Å². The fraction of sp³-hybridized carbons (Fsp3) is 0.467. The summed E-state index contributed by atoms with van der Waals surface area (Å²) in [4.78, 5) is 10.3. The molecule has 0 aliphatic heterocycles. The predicted molar refractivity (Wildman–Crippen MR) is 83.6 cm³/mol. The number of hydrogen-bond donors (Lipinski definition) is 0. The largest absolute Gasteiger partial charge is 0.288 e. The van der Waals surface area contributed by atoms with Crippen molar-refractivity contribution < 1.29 is 0 Å². The molecule has 0 amide bonds. The normalized spacial score (nSPS) is 12.9. The molecule has 1 rings (SSSR count). The fourth-order valence-electron chi connectivity index (χ4n) is 1.76. The zero-order chi connectivity index (χ0) is 13.4. The van der Waals surface area contributed by atoms with Gasteiger partial charge in [0, 0.05) is 23.5 Å². The second-order valence-electron chi connectivity index (χ2n) is 3.84. The number of aliphatic imine (C=N–C) groups is 2. The molecule has 1 aromatic carbocycles. The molecule has 0 N–H and O–H groups in total. The Hall–Kier alpha value is -1.09. The van der Waals surface area contributed by atoms with Crippen LogP contribution < -0.4 is 0 Å². The van der Waals surface area contributed by atoms with E-state index in [-0.39, 0.29) is 0 Å². The molecule has 0 aromatic heterocycles. The van der Waals surface area contributed by atoms with Gasteiger partial charge in [0.1, 0.15) is 0 Å². The van der Waals surface area contributed by atoms with Gasteiger partial charge in [0.25, 0.3) is 0 Å². The number of thioether (sulfide) groups is 1. The first-order valence-corrected chi connectivity index (χ1v) is 7.50. The molecule has 1 aromatic rings. The molecular formula is C15H22N2S. The van der Waals surface area contributed by atoms with Crippen LogP contribution in [0.1, 0.15) is 33.3 Å². The third kappa shape index (κ3) is 4.30. The van der Waals surface area contributed by atoms with E-state index >= 15 is 0 Å². The standard InChI is InChI=1S/C15H22N2S/c1-5-16-12(4)15(17-6-2)13-8-10-14(11-9-13)18-7-3/h8-11H,5-7H2,1-4H3. The average Bonchev–Trinajstić information content (AvgIpc) is 2.38. The van der Waals surface area contributed by atoms with Crippen molar-refractivity contribution in [3.8, 4) is 0 Å². The summed E-state index contributed by atoms with van der Waals surface area (Å²) in [6.07, 6.45) is 0. The molecule has 3 heteroatoms. The minimum Gasteiger partial charge on any atom is -0.288 e. The molecule has 98 valence electrons. The molecular weight excluding hydrogens is 240 g/mol. The minimum atomic E-state index is 0.789. The van der Waals surface area contributed by atoms with Crippen LogP contribution >= 0.6 is 11.8 Å². The molecule has 0 aliphatic carbocycles. The molecule has 0 aliphatic rings. The van der Waals surface area contributed by atoms with E-state index in [1.807, 2.05) is 25.6 Å². The monoisotopic (exact) mass is 262 g/mol. The minimum absolute atomic E-state index is 0.789. The molecule has 0 bridgehead atoms. The number of benzene rings is 1. The van der Waals surface area contributed by atoms with E-state index in [0.717, 1.165) is 35.8 Å². The summed E-state index contributed by atoms with van der Waals surface area (Å²) in [5.74, 6) is 1.10. The lowest BCUT2D eigenvalue weighted by molar-refractivity contribution is 1.11. The molecule has 18 heavy (non-hydrogen) atoms. The summed E-state index contributed by atoms with van der Waals surface area (Å²) in [6, 6.07) is 8.60. The van der Waals surface area contributed by atoms with Gasteiger partial charge in [-0.25, -0.2) is 0 Å². The van der Waals surface area contributed by atoms with E-state index in [1.54, 1.807) is 0 Å². The lowest BCUT2D eigenvalue weighted by Gasteiger charge is -2.07. The quantitative estimate of drug-likeness (QED) is 0.560. The van der Waals surface area contributed by atoms with Crippen molar-refractivity contribution in [3.63, 3.8) is 0 Å². The topological polar surface area (TPSA) is 24.7 Å². The molecule has 2 nitrogen and oxygen atoms in total. The highest BCUT2D eigenvalue weighted by Crippen LogP contribution is 2.18. The van der Waals surface area contributed by atoms with Crippen molar-refractivity contribution >= 4 is 23.2 Å². The average molecular weight is 262 g/mol. The Morgan fingerprint density at radius 2 is 1.61 bits per heavy atom. The van der Waals surface area contributed by atoms with Gasteiger partial charge in [-0.1, -0.05) is 19.1 Å². The van der Waals surface area contributed by atoms with E-state index < -0.39 is 0 Å². The van der Waals surface area contributed by atoms with Crippen LogP contribution in [0.4, 0.5) is 0 Å². The van der Waals surface area contributed by atoms with E-state index in [4.69, 9.17) is 0 Å². The first-order chi connectivity index (χ1) is 8.72. The van der Waals surface area contributed by atoms with Crippen LogP contribution in [-0.2, 0) is 0 Å². The molecule has 0 radical (unpaired) electrons. The smallest absolute Gasteiger partial charge is 0.0853 e. The maximum Gasteiger partial charge on any atom is 0.0853 e. The van der Waals surface area contributed by atoms with Crippen molar-refractivity contribution in [1.29, 1.82) is 0 Å². The first-order valence-electron chi connectivity index (χ1n) is 6.52. The van der Waals surface area contributed by atoms with Crippen molar-refractivity contribution in [2.24, 2.45) is 9.98 Å². The summed E-state index contributed by atoms with van der Waals surface area (Å²) in [7, 11) is 0. The van der Waals surface area contributed by atoms with Gasteiger partial charge in [0.05, 0.1) is 11.4 Å². The van der Waals surface area contributed by atoms with Crippen LogP contribution in [0.25, 0.3) is 0 Å². The van der Waals surface area contributed by atoms with Gasteiger partial charge in [-0.05, 0) is 38.7 Å². The SMILES string of the molecule is CCN=C(C)C(=NCC)c1ccc(SCC)cc1. The third-order valence-electron chi connectivity index (χ3n) is 2.49. The number of nitrogens with zero attached hydrogens (tertiary/aromatic N) is 2. The van der Waals surface area contributed by atoms with Gasteiger partial charge in [-0.15, -0.1) is 11.8 Å². The van der Waals surface area contributed by atoms with Crippen LogP contribution in [0.2, 0.25) is 0 Å². The Kier molecular flexibility index (Phi) is 6.73. The maximum absolute atomic E-state index is 4.57. The molecule has 0 spiro atoms. The summed E-state index contributed by atoms with van der Waals surface area (Å²) in [6.45, 7) is 9.90. The Balaban J connectivity index is 3.00. The first kappa shape index (κ1) is 15.0. The molecule has 0 atom stereocenters. The van der Waals surface area contributed by atoms with Crippen LogP contribution in [0.5, 0.6) is 0 Å². The number of hydrogen-bond acceptors (Lipinski definition) is 3. The van der Waals surface area contributed by atoms with Crippen molar-refractivity contribution in [3.05, 3.63) is 29.8 Å². The molecule has 0 fully saturated rings. The zero-order valence-corrected chi connectivity index (χ0v) is 12.5. The van der Waals surface area contributed by atoms with Crippen molar-refractivity contribution in [1.82, 2.24) is 0 Å². The lowest BCUT2D eigenvalue weighted by Crippen LogP contribution is -2.13. The van der Waals surface area contributed by atoms with E-state index in [0.29, 0.717) is 0 Å². The second kappa shape index (κ2) is 8.09. The van der Waals surface area contributed by atoms with Gasteiger partial charge >= 0.3 is 0 Å². The third-order valence-corrected chi connectivity index (χ3v) is 3.39. The summed E-state index contributed by atoms with van der Waals surface area (Å²) >= 11 is 1.86. The Bertz CT molecular complexity index is 419. The second-order valence-corrected chi connectivity index (χ2v) is 5.18. The Labute approximate surface area is 115 Å². The van der Waals surface area contributed by atoms with E-state index in [9.17, 15) is 0 Å². The van der Waals surface area contributed by atoms with Gasteiger partial charge in [-0.2, -0.15) is 0 Å². The van der Waals surface area contributed by atoms with E-state index in [2.05, 4.69) is 48.1 Å². The molecule has 0 heterocycles. The summed E-state index contributed by atoms with van der Waals surface area (Å²) in [5.41, 5.74) is 3.20. The number of rotatable bonds is 6. The highest BCUT2D eigenvalue weighted by atomic mass is 32.2. The van der Waals surface area contributed by atoms with Crippen LogP contribution in [-0.4, -0.2) is 30.3 Å². The van der Waals surface area contributed by atoms with Gasteiger partial charge in [0.2, 0.25) is 0 Å². The predicted octanol–water partition coefficient (Wildman–Crippen LogP) is 4.09. The van der Waals surface area contributed by atoms with Crippen LogP contribution in [0.15, 0.2) is 39.1 Å². The zero-order valence-electron chi connectivity index (χ0n) is 11.7. The van der Waals surface area contributed by atoms with Crippen LogP contribution in [0.3, 0.4) is 0 Å². The maximum atomic E-state index is 4.57. The van der Waals surface area contributed by atoms with Crippen molar-refractivity contribution in [2.45, 2.75) is 32.6 Å². The van der Waals surface area contributed by atoms with Gasteiger partial charge in [-0.3, -0.25) is 9.98 Å². The van der Waals surface area contributed by atoms with E-state index in [1.165, 1.54) is 4.90 Å². The lowest BCUT2D eigenvalue weighted by atomic mass is 10.1. The van der Waals surface area contributed by atoms with Crippen LogP contribution in [0, 0.1) is 0 Å². The molecule has 0 unspecified atom stereocenters. The Morgan fingerprint density at radius 1 is 1.00 bits per heavy atom. The molecule has 0 saturated heterocycles. The van der Waals surface area contributed by atoms with Gasteiger partial charge < -0.3 is 0 Å². The summed E-state index contributed by atoms with van der Waals surface area (Å²) < 4.78 is 0.